The normalized spacial score (nSPS) is 20.7. The monoisotopic (exact) mass is 429 g/mol. The Kier molecular flexibility index (Phi) is 9.86. The lowest BCUT2D eigenvalue weighted by atomic mass is 9.67. The van der Waals surface area contributed by atoms with Crippen LogP contribution in [0.2, 0.25) is 0 Å². The summed E-state index contributed by atoms with van der Waals surface area (Å²) in [6.07, 6.45) is 17.2. The number of aryl methyl sites for hydroxylation is 1. The van der Waals surface area contributed by atoms with Gasteiger partial charge in [-0.25, -0.2) is 0 Å². The van der Waals surface area contributed by atoms with Gasteiger partial charge in [-0.2, -0.15) is 5.26 Å². The van der Waals surface area contributed by atoms with Crippen LogP contribution in [0, 0.1) is 16.7 Å². The zero-order chi connectivity index (χ0) is 22.7. The van der Waals surface area contributed by atoms with Gasteiger partial charge in [-0.3, -0.25) is 0 Å². The Balaban J connectivity index is 1.50. The van der Waals surface area contributed by atoms with Crippen molar-refractivity contribution >= 4 is 0 Å². The maximum atomic E-state index is 9.92. The Morgan fingerprint density at radius 2 is 1.31 bits per heavy atom. The average molecular weight is 430 g/mol. The number of nitriles is 1. The molecule has 0 aromatic heterocycles. The second kappa shape index (κ2) is 12.8. The summed E-state index contributed by atoms with van der Waals surface area (Å²) in [7, 11) is 0. The van der Waals surface area contributed by atoms with Crippen molar-refractivity contribution in [2.75, 3.05) is 0 Å². The molecule has 0 N–H and O–H groups in total. The molecule has 1 heteroatoms. The first-order chi connectivity index (χ1) is 15.7. The molecule has 172 valence electrons. The van der Waals surface area contributed by atoms with Gasteiger partial charge in [0.25, 0.3) is 0 Å². The molecule has 0 radical (unpaired) electrons. The molecule has 0 heterocycles. The van der Waals surface area contributed by atoms with Crippen molar-refractivity contribution in [3.8, 4) is 17.2 Å². The molecule has 0 unspecified atom stereocenters. The van der Waals surface area contributed by atoms with Gasteiger partial charge in [-0.05, 0) is 73.1 Å². The summed E-state index contributed by atoms with van der Waals surface area (Å²) in [4.78, 5) is 0. The van der Waals surface area contributed by atoms with Crippen LogP contribution in [0.1, 0.15) is 114 Å². The van der Waals surface area contributed by atoms with Crippen LogP contribution < -0.4 is 0 Å². The molecule has 0 saturated heterocycles. The highest BCUT2D eigenvalue weighted by Crippen LogP contribution is 2.45. The van der Waals surface area contributed by atoms with Gasteiger partial charge in [0.15, 0.2) is 0 Å². The number of hydrogen-bond acceptors (Lipinski definition) is 1. The number of hydrogen-bond donors (Lipinski definition) is 0. The van der Waals surface area contributed by atoms with Crippen LogP contribution in [0.15, 0.2) is 48.5 Å². The zero-order valence-corrected chi connectivity index (χ0v) is 20.5. The van der Waals surface area contributed by atoms with E-state index < -0.39 is 0 Å². The topological polar surface area (TPSA) is 23.8 Å². The van der Waals surface area contributed by atoms with Gasteiger partial charge in [0.05, 0.1) is 11.5 Å². The van der Waals surface area contributed by atoms with E-state index in [-0.39, 0.29) is 5.41 Å². The molecule has 0 amide bonds. The predicted octanol–water partition coefficient (Wildman–Crippen LogP) is 9.61. The highest BCUT2D eigenvalue weighted by atomic mass is 14.4. The molecule has 1 fully saturated rings. The Bertz CT molecular complexity index is 816. The average Bonchev–Trinajstić information content (AvgIpc) is 2.86. The smallest absolute Gasteiger partial charge is 0.0689 e. The predicted molar refractivity (Wildman–Crippen MR) is 138 cm³/mol. The van der Waals surface area contributed by atoms with E-state index in [1.807, 2.05) is 0 Å². The molecule has 2 aromatic carbocycles. The van der Waals surface area contributed by atoms with Gasteiger partial charge in [-0.1, -0.05) is 107 Å². The first-order valence-electron chi connectivity index (χ1n) is 13.3. The van der Waals surface area contributed by atoms with E-state index in [0.717, 1.165) is 32.1 Å². The van der Waals surface area contributed by atoms with Crippen molar-refractivity contribution in [2.45, 2.75) is 110 Å². The third-order valence-electron chi connectivity index (χ3n) is 7.68. The molecule has 1 saturated carbocycles. The molecular weight excluding hydrogens is 386 g/mol. The fourth-order valence-corrected chi connectivity index (χ4v) is 5.36. The fourth-order valence-electron chi connectivity index (χ4n) is 5.36. The summed E-state index contributed by atoms with van der Waals surface area (Å²) in [6.45, 7) is 4.51. The second-order valence-corrected chi connectivity index (χ2v) is 10.1. The minimum Gasteiger partial charge on any atom is -0.198 e. The molecular formula is C31H43N. The lowest BCUT2D eigenvalue weighted by molar-refractivity contribution is 0.223. The molecule has 0 bridgehead atoms. The van der Waals surface area contributed by atoms with Crippen molar-refractivity contribution < 1.29 is 0 Å². The van der Waals surface area contributed by atoms with Gasteiger partial charge in [0, 0.05) is 0 Å². The molecule has 0 aliphatic heterocycles. The van der Waals surface area contributed by atoms with E-state index in [1.165, 1.54) is 80.0 Å². The van der Waals surface area contributed by atoms with Gasteiger partial charge >= 0.3 is 0 Å². The van der Waals surface area contributed by atoms with E-state index in [4.69, 9.17) is 0 Å². The third-order valence-corrected chi connectivity index (χ3v) is 7.68. The lowest BCUT2D eigenvalue weighted by Gasteiger charge is -2.35. The quantitative estimate of drug-likeness (QED) is 0.308. The molecule has 3 rings (SSSR count). The van der Waals surface area contributed by atoms with Crippen molar-refractivity contribution in [2.24, 2.45) is 5.41 Å². The number of rotatable bonds is 12. The standard InChI is InChI=1S/C31H43N/c1-3-5-7-8-9-10-22-31(25-32)23-20-30(21-24-31)29-18-16-28(17-19-29)27-14-12-26(13-15-27)11-6-4-2/h12-19,30H,3-11,20-24H2,1-2H3/t30-,31-. The molecule has 1 aliphatic rings. The third kappa shape index (κ3) is 6.96. The number of unbranched alkanes of at least 4 members (excludes halogenated alkanes) is 6. The Morgan fingerprint density at radius 3 is 1.91 bits per heavy atom. The maximum Gasteiger partial charge on any atom is 0.0689 e. The molecule has 2 aromatic rings. The SMILES string of the molecule is CCCCCCCC[C@]1(C#N)CC[C@H](c2ccc(-c3ccc(CCCC)cc3)cc2)CC1. The summed E-state index contributed by atoms with van der Waals surface area (Å²) < 4.78 is 0. The van der Waals surface area contributed by atoms with Crippen LogP contribution in [-0.4, -0.2) is 0 Å². The van der Waals surface area contributed by atoms with E-state index >= 15 is 0 Å². The first kappa shape index (κ1) is 24.6. The summed E-state index contributed by atoms with van der Waals surface area (Å²) in [5, 5.41) is 9.92. The zero-order valence-electron chi connectivity index (χ0n) is 20.5. The lowest BCUT2D eigenvalue weighted by Crippen LogP contribution is -2.25. The molecule has 0 atom stereocenters. The fraction of sp³-hybridized carbons (Fsp3) is 0.581. The highest BCUT2D eigenvalue weighted by Gasteiger charge is 2.35. The minimum absolute atomic E-state index is 0.0548. The van der Waals surface area contributed by atoms with Crippen LogP contribution >= 0.6 is 0 Å². The van der Waals surface area contributed by atoms with E-state index in [0.29, 0.717) is 5.92 Å². The van der Waals surface area contributed by atoms with E-state index in [1.54, 1.807) is 0 Å². The Hall–Kier alpha value is -2.07. The molecule has 0 spiro atoms. The van der Waals surface area contributed by atoms with Crippen molar-refractivity contribution in [1.82, 2.24) is 0 Å². The Labute approximate surface area is 197 Å². The van der Waals surface area contributed by atoms with Gasteiger partial charge in [0.1, 0.15) is 0 Å². The van der Waals surface area contributed by atoms with Crippen molar-refractivity contribution in [1.29, 1.82) is 5.26 Å². The minimum atomic E-state index is -0.0548. The van der Waals surface area contributed by atoms with Gasteiger partial charge < -0.3 is 0 Å². The van der Waals surface area contributed by atoms with Crippen molar-refractivity contribution in [3.63, 3.8) is 0 Å². The van der Waals surface area contributed by atoms with Crippen LogP contribution in [-0.2, 0) is 6.42 Å². The van der Waals surface area contributed by atoms with Crippen LogP contribution in [0.5, 0.6) is 0 Å². The molecule has 32 heavy (non-hydrogen) atoms. The summed E-state index contributed by atoms with van der Waals surface area (Å²) in [5.74, 6) is 0.617. The first-order valence-corrected chi connectivity index (χ1v) is 13.3. The summed E-state index contributed by atoms with van der Waals surface area (Å²) >= 11 is 0. The molecule has 1 nitrogen and oxygen atoms in total. The van der Waals surface area contributed by atoms with Crippen molar-refractivity contribution in [3.05, 3.63) is 59.7 Å². The number of nitrogens with zero attached hydrogens (tertiary/aromatic N) is 1. The summed E-state index contributed by atoms with van der Waals surface area (Å²) in [6, 6.07) is 21.1. The maximum absolute atomic E-state index is 9.92. The molecule has 1 aliphatic carbocycles. The Morgan fingerprint density at radius 1 is 0.750 bits per heavy atom. The number of benzene rings is 2. The van der Waals surface area contributed by atoms with Gasteiger partial charge in [0.2, 0.25) is 0 Å². The van der Waals surface area contributed by atoms with Crippen LogP contribution in [0.4, 0.5) is 0 Å². The summed E-state index contributed by atoms with van der Waals surface area (Å²) in [5.41, 5.74) is 5.46. The van der Waals surface area contributed by atoms with E-state index in [9.17, 15) is 5.26 Å². The van der Waals surface area contributed by atoms with Crippen LogP contribution in [0.25, 0.3) is 11.1 Å². The van der Waals surface area contributed by atoms with E-state index in [2.05, 4.69) is 68.4 Å². The van der Waals surface area contributed by atoms with Crippen LogP contribution in [0.3, 0.4) is 0 Å². The second-order valence-electron chi connectivity index (χ2n) is 10.1. The highest BCUT2D eigenvalue weighted by molar-refractivity contribution is 5.64. The van der Waals surface area contributed by atoms with Gasteiger partial charge in [-0.15, -0.1) is 0 Å². The largest absolute Gasteiger partial charge is 0.198 e.